The van der Waals surface area contributed by atoms with E-state index in [9.17, 15) is 14.4 Å². The number of carbonyl (C=O) groups is 3. The van der Waals surface area contributed by atoms with Gasteiger partial charge in [-0.25, -0.2) is 9.97 Å². The van der Waals surface area contributed by atoms with E-state index in [2.05, 4.69) is 15.3 Å². The van der Waals surface area contributed by atoms with Gasteiger partial charge in [-0.1, -0.05) is 30.3 Å². The van der Waals surface area contributed by atoms with E-state index in [1.165, 1.54) is 0 Å². The van der Waals surface area contributed by atoms with E-state index in [1.807, 2.05) is 30.3 Å². The minimum absolute atomic E-state index is 0.0462. The van der Waals surface area contributed by atoms with Crippen LogP contribution in [0.5, 0.6) is 0 Å². The Kier molecular flexibility index (Phi) is 6.78. The van der Waals surface area contributed by atoms with Crippen molar-refractivity contribution in [3.8, 4) is 0 Å². The molecule has 0 spiro atoms. The van der Waals surface area contributed by atoms with E-state index in [4.69, 9.17) is 0 Å². The largest absolute Gasteiger partial charge is 0.348 e. The number of likely N-dealkylation sites (tertiary alicyclic amines) is 2. The molecule has 3 heterocycles. The van der Waals surface area contributed by atoms with Crippen LogP contribution in [0.2, 0.25) is 0 Å². The van der Waals surface area contributed by atoms with Crippen LogP contribution in [0.1, 0.15) is 65.6 Å². The molecule has 1 atom stereocenters. The average molecular weight is 436 g/mol. The Morgan fingerprint density at radius 3 is 2.66 bits per heavy atom. The van der Waals surface area contributed by atoms with Gasteiger partial charge in [-0.15, -0.1) is 0 Å². The van der Waals surface area contributed by atoms with Gasteiger partial charge in [0.2, 0.25) is 11.8 Å². The average Bonchev–Trinajstić information content (AvgIpc) is 3.22. The summed E-state index contributed by atoms with van der Waals surface area (Å²) in [5, 5.41) is 2.91. The van der Waals surface area contributed by atoms with Gasteiger partial charge in [0.05, 0.1) is 23.8 Å². The SMILES string of the molecule is Cc1nc(C2CCCCN2C(=O)CN2CCCC2=O)ncc1C(=O)NCc1ccccc1. The van der Waals surface area contributed by atoms with E-state index in [-0.39, 0.29) is 30.3 Å². The fraction of sp³-hybridized carbons (Fsp3) is 0.458. The molecule has 1 unspecified atom stereocenters. The number of nitrogens with zero attached hydrogens (tertiary/aromatic N) is 4. The molecule has 2 fully saturated rings. The summed E-state index contributed by atoms with van der Waals surface area (Å²) in [6.45, 7) is 3.62. The number of hydrogen-bond acceptors (Lipinski definition) is 5. The highest BCUT2D eigenvalue weighted by Crippen LogP contribution is 2.29. The maximum absolute atomic E-state index is 13.0. The molecule has 3 amide bonds. The van der Waals surface area contributed by atoms with Crippen molar-refractivity contribution in [1.29, 1.82) is 0 Å². The Hall–Kier alpha value is -3.29. The topological polar surface area (TPSA) is 95.5 Å². The molecule has 168 valence electrons. The Labute approximate surface area is 188 Å². The van der Waals surface area contributed by atoms with E-state index in [0.717, 1.165) is 31.2 Å². The second-order valence-electron chi connectivity index (χ2n) is 8.41. The number of aromatic nitrogens is 2. The van der Waals surface area contributed by atoms with Crippen LogP contribution in [0.4, 0.5) is 0 Å². The van der Waals surface area contributed by atoms with Gasteiger partial charge >= 0.3 is 0 Å². The smallest absolute Gasteiger partial charge is 0.254 e. The molecule has 8 nitrogen and oxygen atoms in total. The predicted octanol–water partition coefficient (Wildman–Crippen LogP) is 2.39. The zero-order valence-electron chi connectivity index (χ0n) is 18.4. The number of piperidine rings is 1. The number of aryl methyl sites for hydroxylation is 1. The summed E-state index contributed by atoms with van der Waals surface area (Å²) in [7, 11) is 0. The zero-order valence-corrected chi connectivity index (χ0v) is 18.4. The van der Waals surface area contributed by atoms with Gasteiger partial charge in [0, 0.05) is 32.3 Å². The van der Waals surface area contributed by atoms with Gasteiger partial charge in [0.25, 0.3) is 5.91 Å². The first-order valence-electron chi connectivity index (χ1n) is 11.3. The number of hydrogen-bond donors (Lipinski definition) is 1. The van der Waals surface area contributed by atoms with E-state index in [1.54, 1.807) is 22.9 Å². The maximum atomic E-state index is 13.0. The van der Waals surface area contributed by atoms with Crippen molar-refractivity contribution in [2.24, 2.45) is 0 Å². The molecule has 1 aromatic carbocycles. The number of carbonyl (C=O) groups excluding carboxylic acids is 3. The third-order valence-electron chi connectivity index (χ3n) is 6.16. The van der Waals surface area contributed by atoms with Gasteiger partial charge in [-0.2, -0.15) is 0 Å². The maximum Gasteiger partial charge on any atom is 0.254 e. The second-order valence-corrected chi connectivity index (χ2v) is 8.41. The molecule has 1 aromatic heterocycles. The van der Waals surface area contributed by atoms with Crippen LogP contribution in [0.15, 0.2) is 36.5 Å². The van der Waals surface area contributed by atoms with Crippen LogP contribution in [0.25, 0.3) is 0 Å². The molecule has 2 aliphatic heterocycles. The van der Waals surface area contributed by atoms with Crippen LogP contribution in [-0.4, -0.2) is 57.1 Å². The first-order valence-corrected chi connectivity index (χ1v) is 11.3. The molecule has 2 aromatic rings. The molecule has 2 aliphatic rings. The van der Waals surface area contributed by atoms with Crippen LogP contribution < -0.4 is 5.32 Å². The quantitative estimate of drug-likeness (QED) is 0.752. The number of rotatable bonds is 6. The van der Waals surface area contributed by atoms with Crippen molar-refractivity contribution in [3.05, 3.63) is 59.2 Å². The molecular formula is C24H29N5O3. The van der Waals surface area contributed by atoms with Crippen LogP contribution >= 0.6 is 0 Å². The van der Waals surface area contributed by atoms with Gasteiger partial charge < -0.3 is 15.1 Å². The minimum atomic E-state index is -0.228. The van der Waals surface area contributed by atoms with Crippen molar-refractivity contribution in [2.75, 3.05) is 19.6 Å². The fourth-order valence-corrected chi connectivity index (χ4v) is 4.37. The lowest BCUT2D eigenvalue weighted by Gasteiger charge is -2.35. The van der Waals surface area contributed by atoms with Crippen molar-refractivity contribution < 1.29 is 14.4 Å². The van der Waals surface area contributed by atoms with Crippen molar-refractivity contribution in [3.63, 3.8) is 0 Å². The van der Waals surface area contributed by atoms with Gasteiger partial charge in [-0.05, 0) is 38.2 Å². The third-order valence-corrected chi connectivity index (χ3v) is 6.16. The summed E-state index contributed by atoms with van der Waals surface area (Å²) in [5.74, 6) is 0.325. The van der Waals surface area contributed by atoms with E-state index in [0.29, 0.717) is 43.1 Å². The van der Waals surface area contributed by atoms with Gasteiger partial charge in [-0.3, -0.25) is 14.4 Å². The van der Waals surface area contributed by atoms with Crippen molar-refractivity contribution >= 4 is 17.7 Å². The van der Waals surface area contributed by atoms with Crippen LogP contribution in [0.3, 0.4) is 0 Å². The Balaban J connectivity index is 1.44. The molecule has 32 heavy (non-hydrogen) atoms. The molecule has 8 heteroatoms. The summed E-state index contributed by atoms with van der Waals surface area (Å²) < 4.78 is 0. The fourth-order valence-electron chi connectivity index (χ4n) is 4.37. The first kappa shape index (κ1) is 21.9. The third kappa shape index (κ3) is 4.95. The molecular weight excluding hydrogens is 406 g/mol. The Morgan fingerprint density at radius 1 is 1.12 bits per heavy atom. The highest BCUT2D eigenvalue weighted by molar-refractivity contribution is 5.94. The molecule has 0 radical (unpaired) electrons. The minimum Gasteiger partial charge on any atom is -0.348 e. The zero-order chi connectivity index (χ0) is 22.5. The lowest BCUT2D eigenvalue weighted by molar-refractivity contribution is -0.141. The number of amides is 3. The Bertz CT molecular complexity index is 994. The van der Waals surface area contributed by atoms with Crippen LogP contribution in [0, 0.1) is 6.92 Å². The van der Waals surface area contributed by atoms with E-state index < -0.39 is 0 Å². The molecule has 0 bridgehead atoms. The normalized spacial score (nSPS) is 18.7. The summed E-state index contributed by atoms with van der Waals surface area (Å²) in [6, 6.07) is 9.48. The number of nitrogens with one attached hydrogen (secondary N) is 1. The summed E-state index contributed by atoms with van der Waals surface area (Å²) >= 11 is 0. The molecule has 2 saturated heterocycles. The molecule has 0 saturated carbocycles. The van der Waals surface area contributed by atoms with Gasteiger partial charge in [0.15, 0.2) is 5.82 Å². The summed E-state index contributed by atoms with van der Waals surface area (Å²) in [6.07, 6.45) is 5.57. The molecule has 4 rings (SSSR count). The second kappa shape index (κ2) is 9.89. The van der Waals surface area contributed by atoms with E-state index >= 15 is 0 Å². The predicted molar refractivity (Wildman–Crippen MR) is 119 cm³/mol. The standard InChI is InChI=1S/C24H29N5O3/c1-17-19(24(32)26-14-18-8-3-2-4-9-18)15-25-23(27-17)20-10-5-6-13-29(20)22(31)16-28-12-7-11-21(28)30/h2-4,8-9,15,20H,5-7,10-14,16H2,1H3,(H,26,32). The van der Waals surface area contributed by atoms with Gasteiger partial charge in [0.1, 0.15) is 0 Å². The highest BCUT2D eigenvalue weighted by Gasteiger charge is 2.33. The Morgan fingerprint density at radius 2 is 1.94 bits per heavy atom. The highest BCUT2D eigenvalue weighted by atomic mass is 16.2. The van der Waals surface area contributed by atoms with Crippen molar-refractivity contribution in [1.82, 2.24) is 25.1 Å². The molecule has 0 aliphatic carbocycles. The monoisotopic (exact) mass is 435 g/mol. The number of benzene rings is 1. The summed E-state index contributed by atoms with van der Waals surface area (Å²) in [4.78, 5) is 50.1. The lowest BCUT2D eigenvalue weighted by Crippen LogP contribution is -2.45. The lowest BCUT2D eigenvalue weighted by atomic mass is 10.0. The first-order chi connectivity index (χ1) is 15.5. The van der Waals surface area contributed by atoms with Crippen LogP contribution in [-0.2, 0) is 16.1 Å². The van der Waals surface area contributed by atoms with Crippen molar-refractivity contribution in [2.45, 2.75) is 51.6 Å². The summed E-state index contributed by atoms with van der Waals surface area (Å²) in [5.41, 5.74) is 2.04. The molecule has 1 N–H and O–H groups in total.